The number of anilines is 1. The van der Waals surface area contributed by atoms with Gasteiger partial charge in [-0.1, -0.05) is 11.6 Å². The number of benzene rings is 1. The smallest absolute Gasteiger partial charge is 0.253 e. The number of nitrogens with zero attached hydrogens (tertiary/aromatic N) is 3. The number of aromatic nitrogens is 2. The number of aliphatic hydroxyl groups excluding tert-OH is 1. The van der Waals surface area contributed by atoms with Crippen molar-refractivity contribution in [1.29, 1.82) is 0 Å². The number of fused-ring (bicyclic) bond motifs is 1. The van der Waals surface area contributed by atoms with Crippen molar-refractivity contribution in [2.24, 2.45) is 11.8 Å². The molecular formula is C20H23ClN4O3. The first kappa shape index (κ1) is 19.0. The predicted octanol–water partition coefficient (Wildman–Crippen LogP) is 2.46. The molecule has 2 aromatic rings. The van der Waals surface area contributed by atoms with Gasteiger partial charge < -0.3 is 20.1 Å². The van der Waals surface area contributed by atoms with Gasteiger partial charge in [0.15, 0.2) is 0 Å². The van der Waals surface area contributed by atoms with Crippen LogP contribution in [0.5, 0.6) is 5.75 Å². The van der Waals surface area contributed by atoms with Gasteiger partial charge in [0.2, 0.25) is 0 Å². The molecule has 1 amide bonds. The van der Waals surface area contributed by atoms with Crippen molar-refractivity contribution < 1.29 is 14.6 Å². The fourth-order valence-electron chi connectivity index (χ4n) is 4.30. The quantitative estimate of drug-likeness (QED) is 0.816. The van der Waals surface area contributed by atoms with Crippen LogP contribution in [0.3, 0.4) is 0 Å². The molecule has 4 rings (SSSR count). The van der Waals surface area contributed by atoms with E-state index in [0.29, 0.717) is 53.5 Å². The van der Waals surface area contributed by atoms with Crippen LogP contribution in [0.2, 0.25) is 5.02 Å². The Bertz CT molecular complexity index is 851. The molecule has 1 aromatic carbocycles. The number of methoxy groups -OCH3 is 1. The molecule has 148 valence electrons. The molecule has 1 saturated carbocycles. The maximum absolute atomic E-state index is 12.9. The molecule has 2 N–H and O–H groups in total. The van der Waals surface area contributed by atoms with Crippen LogP contribution in [0.25, 0.3) is 0 Å². The van der Waals surface area contributed by atoms with Crippen LogP contribution in [0.15, 0.2) is 36.8 Å². The summed E-state index contributed by atoms with van der Waals surface area (Å²) < 4.78 is 5.15. The second kappa shape index (κ2) is 7.93. The fourth-order valence-corrected chi connectivity index (χ4v) is 4.55. The third-order valence-electron chi connectivity index (χ3n) is 5.72. The summed E-state index contributed by atoms with van der Waals surface area (Å²) in [5.74, 6) is 1.81. The summed E-state index contributed by atoms with van der Waals surface area (Å²) in [5.41, 5.74) is 0.555. The molecule has 28 heavy (non-hydrogen) atoms. The first-order valence-corrected chi connectivity index (χ1v) is 9.76. The van der Waals surface area contributed by atoms with Crippen molar-refractivity contribution in [2.45, 2.75) is 25.0 Å². The van der Waals surface area contributed by atoms with Gasteiger partial charge in [-0.05, 0) is 42.9 Å². The largest absolute Gasteiger partial charge is 0.495 e. The number of hydrogen-bond acceptors (Lipinski definition) is 6. The molecule has 1 aliphatic carbocycles. The number of rotatable bonds is 4. The van der Waals surface area contributed by atoms with E-state index >= 15 is 0 Å². The highest BCUT2D eigenvalue weighted by molar-refractivity contribution is 6.32. The van der Waals surface area contributed by atoms with Crippen LogP contribution < -0.4 is 10.1 Å². The van der Waals surface area contributed by atoms with Crippen LogP contribution in [0.4, 0.5) is 5.82 Å². The molecule has 8 heteroatoms. The van der Waals surface area contributed by atoms with Crippen LogP contribution in [0.1, 0.15) is 23.2 Å². The Morgan fingerprint density at radius 3 is 2.75 bits per heavy atom. The summed E-state index contributed by atoms with van der Waals surface area (Å²) in [7, 11) is 1.55. The second-order valence-corrected chi connectivity index (χ2v) is 7.87. The summed E-state index contributed by atoms with van der Waals surface area (Å²) >= 11 is 6.17. The molecule has 2 heterocycles. The fraction of sp³-hybridized carbons (Fsp3) is 0.450. The lowest BCUT2D eigenvalue weighted by Crippen LogP contribution is -2.43. The lowest BCUT2D eigenvalue weighted by molar-refractivity contribution is 0.0727. The van der Waals surface area contributed by atoms with Crippen LogP contribution in [0, 0.1) is 11.8 Å². The van der Waals surface area contributed by atoms with Crippen LogP contribution in [-0.4, -0.2) is 58.2 Å². The van der Waals surface area contributed by atoms with Crippen molar-refractivity contribution in [3.05, 3.63) is 47.4 Å². The molecule has 7 nitrogen and oxygen atoms in total. The van der Waals surface area contributed by atoms with E-state index in [1.165, 1.54) is 0 Å². The molecule has 4 atom stereocenters. The van der Waals surface area contributed by atoms with Gasteiger partial charge in [-0.2, -0.15) is 0 Å². The normalized spacial score (nSPS) is 26.6. The minimum Gasteiger partial charge on any atom is -0.495 e. The number of carbonyl (C=O) groups is 1. The first-order valence-electron chi connectivity index (χ1n) is 9.38. The molecule has 0 unspecified atom stereocenters. The summed E-state index contributed by atoms with van der Waals surface area (Å²) in [5, 5.41) is 14.3. The van der Waals surface area contributed by atoms with Gasteiger partial charge in [0.25, 0.3) is 5.91 Å². The minimum absolute atomic E-state index is 0.0353. The van der Waals surface area contributed by atoms with Crippen LogP contribution >= 0.6 is 11.6 Å². The van der Waals surface area contributed by atoms with Crippen molar-refractivity contribution in [3.63, 3.8) is 0 Å². The highest BCUT2D eigenvalue weighted by Gasteiger charge is 2.43. The maximum atomic E-state index is 12.9. The maximum Gasteiger partial charge on any atom is 0.253 e. The average Bonchev–Trinajstić information content (AvgIpc) is 3.11. The number of aliphatic hydroxyl groups is 1. The number of likely N-dealkylation sites (tertiary alicyclic amines) is 1. The zero-order valence-electron chi connectivity index (χ0n) is 15.6. The SMILES string of the molecule is COc1ccc(C(=O)N2C[C@H]3C[C@@H](Nc4cnccn4)[C@H](O)C[C@H]3C2)cc1Cl. The van der Waals surface area contributed by atoms with E-state index in [1.807, 2.05) is 4.90 Å². The number of carbonyl (C=O) groups excluding carboxylic acids is 1. The van der Waals surface area contributed by atoms with Gasteiger partial charge in [0, 0.05) is 31.0 Å². The molecule has 2 fully saturated rings. The number of hydrogen-bond donors (Lipinski definition) is 2. The Morgan fingerprint density at radius 2 is 2.07 bits per heavy atom. The summed E-state index contributed by atoms with van der Waals surface area (Å²) in [6.07, 6.45) is 5.86. The van der Waals surface area contributed by atoms with Gasteiger partial charge >= 0.3 is 0 Å². The monoisotopic (exact) mass is 402 g/mol. The van der Waals surface area contributed by atoms with E-state index in [-0.39, 0.29) is 11.9 Å². The van der Waals surface area contributed by atoms with Crippen molar-refractivity contribution in [2.75, 3.05) is 25.5 Å². The van der Waals surface area contributed by atoms with Gasteiger partial charge in [-0.3, -0.25) is 9.78 Å². The van der Waals surface area contributed by atoms with Gasteiger partial charge in [0.1, 0.15) is 11.6 Å². The highest BCUT2D eigenvalue weighted by atomic mass is 35.5. The topological polar surface area (TPSA) is 87.6 Å². The average molecular weight is 403 g/mol. The van der Waals surface area contributed by atoms with Crippen LogP contribution in [-0.2, 0) is 0 Å². The zero-order chi connectivity index (χ0) is 19.7. The molecule has 0 spiro atoms. The molecule has 1 aromatic heterocycles. The molecular weight excluding hydrogens is 380 g/mol. The Labute approximate surface area is 168 Å². The first-order chi connectivity index (χ1) is 13.5. The number of nitrogens with one attached hydrogen (secondary N) is 1. The van der Waals surface area contributed by atoms with E-state index < -0.39 is 6.10 Å². The summed E-state index contributed by atoms with van der Waals surface area (Å²) in [6, 6.07) is 5.01. The van der Waals surface area contributed by atoms with Gasteiger partial charge in [-0.15, -0.1) is 0 Å². The molecule has 0 radical (unpaired) electrons. The second-order valence-electron chi connectivity index (χ2n) is 7.46. The standard InChI is InChI=1S/C20H23ClN4O3/c1-28-18-3-2-12(6-15(18)21)20(27)25-10-13-7-16(17(26)8-14(13)11-25)24-19-9-22-4-5-23-19/h2-6,9,13-14,16-17,26H,7-8,10-11H2,1H3,(H,23,24)/t13-,14+,16-,17-/m1/s1. The minimum atomic E-state index is -0.478. The summed E-state index contributed by atoms with van der Waals surface area (Å²) in [4.78, 5) is 23.1. The lowest BCUT2D eigenvalue weighted by atomic mass is 9.77. The number of halogens is 1. The zero-order valence-corrected chi connectivity index (χ0v) is 16.3. The molecule has 0 bridgehead atoms. The van der Waals surface area contributed by atoms with E-state index in [4.69, 9.17) is 16.3 Å². The third kappa shape index (κ3) is 3.77. The Morgan fingerprint density at radius 1 is 1.29 bits per heavy atom. The Kier molecular flexibility index (Phi) is 5.37. The van der Waals surface area contributed by atoms with E-state index in [1.54, 1.807) is 43.9 Å². The Hall–Kier alpha value is -2.38. The number of ether oxygens (including phenoxy) is 1. The van der Waals surface area contributed by atoms with E-state index in [0.717, 1.165) is 6.42 Å². The van der Waals surface area contributed by atoms with E-state index in [2.05, 4.69) is 15.3 Å². The lowest BCUT2D eigenvalue weighted by Gasteiger charge is -2.35. The highest BCUT2D eigenvalue weighted by Crippen LogP contribution is 2.38. The van der Waals surface area contributed by atoms with Gasteiger partial charge in [-0.25, -0.2) is 4.98 Å². The number of amides is 1. The molecule has 1 saturated heterocycles. The van der Waals surface area contributed by atoms with Crippen molar-refractivity contribution >= 4 is 23.3 Å². The molecule has 2 aliphatic rings. The van der Waals surface area contributed by atoms with Gasteiger partial charge in [0.05, 0.1) is 30.5 Å². The predicted molar refractivity (Wildman–Crippen MR) is 106 cm³/mol. The van der Waals surface area contributed by atoms with Crippen molar-refractivity contribution in [1.82, 2.24) is 14.9 Å². The third-order valence-corrected chi connectivity index (χ3v) is 6.02. The Balaban J connectivity index is 1.43. The molecule has 1 aliphatic heterocycles. The van der Waals surface area contributed by atoms with E-state index in [9.17, 15) is 9.90 Å². The van der Waals surface area contributed by atoms with Crippen molar-refractivity contribution in [3.8, 4) is 5.75 Å². The summed E-state index contributed by atoms with van der Waals surface area (Å²) in [6.45, 7) is 1.33.